The SMILES string of the molecule is COC(c1ccccc1)c1cc(C(=O)OC(C)(C)C)c(N(C)C)s1. The summed E-state index contributed by atoms with van der Waals surface area (Å²) in [5.41, 5.74) is 1.11. The van der Waals surface area contributed by atoms with Crippen LogP contribution in [0, 0.1) is 0 Å². The van der Waals surface area contributed by atoms with Crippen molar-refractivity contribution in [3.05, 3.63) is 52.4 Å². The average molecular weight is 347 g/mol. The number of thiophene rings is 1. The second-order valence-corrected chi connectivity index (χ2v) is 7.85. The lowest BCUT2D eigenvalue weighted by atomic mass is 10.1. The monoisotopic (exact) mass is 347 g/mol. The molecule has 0 fully saturated rings. The van der Waals surface area contributed by atoms with Crippen molar-refractivity contribution < 1.29 is 14.3 Å². The van der Waals surface area contributed by atoms with E-state index in [2.05, 4.69) is 0 Å². The van der Waals surface area contributed by atoms with Crippen molar-refractivity contribution in [1.29, 1.82) is 0 Å². The summed E-state index contributed by atoms with van der Waals surface area (Å²) < 4.78 is 11.2. The Balaban J connectivity index is 2.42. The summed E-state index contributed by atoms with van der Waals surface area (Å²) in [6.45, 7) is 5.61. The molecule has 0 aliphatic heterocycles. The number of esters is 1. The summed E-state index contributed by atoms with van der Waals surface area (Å²) in [7, 11) is 5.53. The number of benzene rings is 1. The first-order chi connectivity index (χ1) is 11.2. The highest BCUT2D eigenvalue weighted by Gasteiger charge is 2.26. The molecule has 130 valence electrons. The van der Waals surface area contributed by atoms with Crippen LogP contribution in [-0.2, 0) is 9.47 Å². The van der Waals surface area contributed by atoms with Gasteiger partial charge in [-0.1, -0.05) is 30.3 Å². The van der Waals surface area contributed by atoms with Crippen LogP contribution in [0.2, 0.25) is 0 Å². The fraction of sp³-hybridized carbons (Fsp3) is 0.421. The van der Waals surface area contributed by atoms with Crippen molar-refractivity contribution in [3.63, 3.8) is 0 Å². The Labute approximate surface area is 148 Å². The lowest BCUT2D eigenvalue weighted by molar-refractivity contribution is 0.00707. The molecule has 1 aromatic carbocycles. The maximum absolute atomic E-state index is 12.6. The minimum absolute atomic E-state index is 0.203. The molecular weight excluding hydrogens is 322 g/mol. The third-order valence-corrected chi connectivity index (χ3v) is 4.70. The molecule has 0 aliphatic carbocycles. The smallest absolute Gasteiger partial charge is 0.341 e. The Morgan fingerprint density at radius 3 is 2.29 bits per heavy atom. The number of anilines is 1. The van der Waals surface area contributed by atoms with Crippen LogP contribution in [-0.4, -0.2) is 32.8 Å². The minimum Gasteiger partial charge on any atom is -0.456 e. The van der Waals surface area contributed by atoms with Gasteiger partial charge in [-0.2, -0.15) is 0 Å². The summed E-state index contributed by atoms with van der Waals surface area (Å²) in [5.74, 6) is -0.309. The molecule has 2 rings (SSSR count). The molecule has 1 heterocycles. The lowest BCUT2D eigenvalue weighted by Crippen LogP contribution is -2.24. The molecule has 0 radical (unpaired) electrons. The van der Waals surface area contributed by atoms with Gasteiger partial charge in [0.05, 0.1) is 5.56 Å². The molecule has 5 heteroatoms. The molecule has 4 nitrogen and oxygen atoms in total. The molecule has 0 bridgehead atoms. The van der Waals surface area contributed by atoms with Crippen LogP contribution < -0.4 is 4.90 Å². The Hall–Kier alpha value is -1.85. The fourth-order valence-corrected chi connectivity index (χ4v) is 3.56. The molecule has 0 saturated carbocycles. The quantitative estimate of drug-likeness (QED) is 0.746. The molecule has 0 spiro atoms. The highest BCUT2D eigenvalue weighted by molar-refractivity contribution is 7.16. The summed E-state index contributed by atoms with van der Waals surface area (Å²) in [5, 5.41) is 0.872. The van der Waals surface area contributed by atoms with Gasteiger partial charge in [0.25, 0.3) is 0 Å². The Bertz CT molecular complexity index is 686. The van der Waals surface area contributed by atoms with Gasteiger partial charge in [0, 0.05) is 26.1 Å². The van der Waals surface area contributed by atoms with Crippen LogP contribution in [0.25, 0.3) is 0 Å². The van der Waals surface area contributed by atoms with Crippen LogP contribution in [0.15, 0.2) is 36.4 Å². The molecular formula is C19H25NO3S. The van der Waals surface area contributed by atoms with E-state index < -0.39 is 5.60 Å². The van der Waals surface area contributed by atoms with E-state index in [0.29, 0.717) is 5.56 Å². The predicted molar refractivity (Wildman–Crippen MR) is 99.1 cm³/mol. The van der Waals surface area contributed by atoms with E-state index >= 15 is 0 Å². The maximum Gasteiger partial charge on any atom is 0.341 e. The summed E-state index contributed by atoms with van der Waals surface area (Å²) in [6, 6.07) is 11.9. The van der Waals surface area contributed by atoms with Gasteiger partial charge in [-0.05, 0) is 32.4 Å². The zero-order chi connectivity index (χ0) is 17.9. The first kappa shape index (κ1) is 18.5. The number of carbonyl (C=O) groups is 1. The van der Waals surface area contributed by atoms with Gasteiger partial charge in [0.15, 0.2) is 0 Å². The van der Waals surface area contributed by atoms with E-state index in [0.717, 1.165) is 15.4 Å². The third kappa shape index (κ3) is 4.36. The number of hydrogen-bond acceptors (Lipinski definition) is 5. The van der Waals surface area contributed by atoms with Crippen LogP contribution >= 0.6 is 11.3 Å². The number of nitrogens with zero attached hydrogens (tertiary/aromatic N) is 1. The van der Waals surface area contributed by atoms with E-state index in [-0.39, 0.29) is 12.1 Å². The summed E-state index contributed by atoms with van der Waals surface area (Å²) in [6.07, 6.45) is -0.203. The van der Waals surface area contributed by atoms with Gasteiger partial charge in [-0.15, -0.1) is 11.3 Å². The number of hydrogen-bond donors (Lipinski definition) is 0. The third-order valence-electron chi connectivity index (χ3n) is 3.35. The normalized spacial score (nSPS) is 12.8. The van der Waals surface area contributed by atoms with Crippen LogP contribution in [0.3, 0.4) is 0 Å². The van der Waals surface area contributed by atoms with Crippen LogP contribution in [0.4, 0.5) is 5.00 Å². The Morgan fingerprint density at radius 2 is 1.79 bits per heavy atom. The molecule has 0 saturated heterocycles. The molecule has 0 amide bonds. The number of ether oxygens (including phenoxy) is 2. The van der Waals surface area contributed by atoms with Crippen LogP contribution in [0.1, 0.15) is 47.7 Å². The summed E-state index contributed by atoms with van der Waals surface area (Å²) >= 11 is 1.55. The zero-order valence-corrected chi connectivity index (χ0v) is 15.9. The van der Waals surface area contributed by atoms with Crippen molar-refractivity contribution in [3.8, 4) is 0 Å². The molecule has 1 atom stereocenters. The lowest BCUT2D eigenvalue weighted by Gasteiger charge is -2.20. The molecule has 2 aromatic rings. The molecule has 1 aromatic heterocycles. The predicted octanol–water partition coefficient (Wildman–Crippen LogP) is 4.51. The number of rotatable bonds is 5. The van der Waals surface area contributed by atoms with Crippen molar-refractivity contribution in [1.82, 2.24) is 0 Å². The van der Waals surface area contributed by atoms with Crippen LogP contribution in [0.5, 0.6) is 0 Å². The topological polar surface area (TPSA) is 38.8 Å². The maximum atomic E-state index is 12.6. The second kappa shape index (κ2) is 7.36. The van der Waals surface area contributed by atoms with Gasteiger partial charge < -0.3 is 14.4 Å². The van der Waals surface area contributed by atoms with E-state index in [9.17, 15) is 4.79 Å². The van der Waals surface area contributed by atoms with Gasteiger partial charge in [-0.25, -0.2) is 4.79 Å². The first-order valence-corrected chi connectivity index (χ1v) is 8.66. The van der Waals surface area contributed by atoms with Gasteiger partial charge in [0.2, 0.25) is 0 Å². The second-order valence-electron chi connectivity index (χ2n) is 6.79. The molecule has 1 unspecified atom stereocenters. The van der Waals surface area contributed by atoms with Crippen molar-refractivity contribution >= 4 is 22.3 Å². The van der Waals surface area contributed by atoms with E-state index in [1.807, 2.05) is 76.2 Å². The Kier molecular flexibility index (Phi) is 5.67. The van der Waals surface area contributed by atoms with E-state index in [4.69, 9.17) is 9.47 Å². The van der Waals surface area contributed by atoms with Gasteiger partial charge >= 0.3 is 5.97 Å². The average Bonchev–Trinajstić information content (AvgIpc) is 2.93. The molecule has 0 N–H and O–H groups in total. The Morgan fingerprint density at radius 1 is 1.17 bits per heavy atom. The van der Waals surface area contributed by atoms with E-state index in [1.54, 1.807) is 18.4 Å². The first-order valence-electron chi connectivity index (χ1n) is 7.85. The molecule has 24 heavy (non-hydrogen) atoms. The largest absolute Gasteiger partial charge is 0.456 e. The standard InChI is InChI=1S/C19H25NO3S/c1-19(2,3)23-18(21)14-12-15(24-17(14)20(4)5)16(22-6)13-10-8-7-9-11-13/h7-12,16H,1-6H3. The highest BCUT2D eigenvalue weighted by Crippen LogP contribution is 2.38. The summed E-state index contributed by atoms with van der Waals surface area (Å²) in [4.78, 5) is 15.5. The van der Waals surface area contributed by atoms with Gasteiger partial charge in [-0.3, -0.25) is 0 Å². The zero-order valence-electron chi connectivity index (χ0n) is 15.1. The van der Waals surface area contributed by atoms with Crippen molar-refractivity contribution in [2.24, 2.45) is 0 Å². The minimum atomic E-state index is -0.525. The van der Waals surface area contributed by atoms with Crippen molar-refractivity contribution in [2.75, 3.05) is 26.1 Å². The fourth-order valence-electron chi connectivity index (χ4n) is 2.39. The number of carbonyl (C=O) groups excluding carboxylic acids is 1. The van der Waals surface area contributed by atoms with Crippen molar-refractivity contribution in [2.45, 2.75) is 32.5 Å². The molecule has 0 aliphatic rings. The highest BCUT2D eigenvalue weighted by atomic mass is 32.1. The van der Waals surface area contributed by atoms with E-state index in [1.165, 1.54) is 0 Å². The van der Waals surface area contributed by atoms with Gasteiger partial charge in [0.1, 0.15) is 16.7 Å². The number of methoxy groups -OCH3 is 1.